The third-order valence-electron chi connectivity index (χ3n) is 6.78. The molecule has 0 spiro atoms. The minimum atomic E-state index is -0.874. The van der Waals surface area contributed by atoms with Gasteiger partial charge >= 0.3 is 0 Å². The maximum absolute atomic E-state index is 12.4. The number of fused-ring (bicyclic) bond motifs is 1. The van der Waals surface area contributed by atoms with Gasteiger partial charge in [0.05, 0.1) is 18.4 Å². The third kappa shape index (κ3) is 7.35. The lowest BCUT2D eigenvalue weighted by atomic mass is 9.73. The molecule has 9 heteroatoms. The summed E-state index contributed by atoms with van der Waals surface area (Å²) in [6.07, 6.45) is 10.8. The van der Waals surface area contributed by atoms with E-state index in [2.05, 4.69) is 48.6 Å². The van der Waals surface area contributed by atoms with Gasteiger partial charge in [0, 0.05) is 43.8 Å². The van der Waals surface area contributed by atoms with Crippen molar-refractivity contribution in [3.8, 4) is 30.5 Å². The molecule has 9 nitrogen and oxygen atoms in total. The van der Waals surface area contributed by atoms with Crippen LogP contribution in [0.2, 0.25) is 0 Å². The van der Waals surface area contributed by atoms with E-state index in [9.17, 15) is 14.7 Å². The van der Waals surface area contributed by atoms with Gasteiger partial charge in [-0.15, -0.1) is 12.8 Å². The van der Waals surface area contributed by atoms with Crippen LogP contribution >= 0.6 is 0 Å². The van der Waals surface area contributed by atoms with Crippen molar-refractivity contribution in [1.82, 2.24) is 19.7 Å². The van der Waals surface area contributed by atoms with Gasteiger partial charge in [0.2, 0.25) is 6.41 Å². The Hall–Kier alpha value is -4.44. The molecule has 0 bridgehead atoms. The molecular weight excluding hydrogens is 506 g/mol. The number of carbonyl (C=O) groups is 2. The van der Waals surface area contributed by atoms with Crippen LogP contribution in [-0.4, -0.2) is 62.9 Å². The Labute approximate surface area is 235 Å². The standard InChI is InChI=1S/C29H33N5O4.C2H2/c1-29(2)17-24-23(16-25(29)38-18-21-7-5-4-6-8-21)27(28(30)37)32-34(24)26-15-20(11-13-31-26)9-10-22(36)12-14-33(3)19-35;1-2/h4-8,11,13,15,19,22,25,36H,12,14,16-18H2,1-3H3,(H2,30,37);1-2H/t22-,25-;/m0./s1. The normalized spacial score (nSPS) is 15.8. The maximum atomic E-state index is 12.4. The summed E-state index contributed by atoms with van der Waals surface area (Å²) in [5.41, 5.74) is 9.09. The highest BCUT2D eigenvalue weighted by molar-refractivity contribution is 5.92. The second-order valence-electron chi connectivity index (χ2n) is 10.3. The van der Waals surface area contributed by atoms with Crippen LogP contribution in [0.5, 0.6) is 0 Å². The van der Waals surface area contributed by atoms with Crippen molar-refractivity contribution in [2.45, 2.75) is 51.9 Å². The van der Waals surface area contributed by atoms with Crippen molar-refractivity contribution in [3.63, 3.8) is 0 Å². The first kappa shape index (κ1) is 30.1. The number of ether oxygens (including phenoxy) is 1. The van der Waals surface area contributed by atoms with Crippen LogP contribution in [0.4, 0.5) is 0 Å². The smallest absolute Gasteiger partial charge is 0.269 e. The van der Waals surface area contributed by atoms with Crippen LogP contribution < -0.4 is 5.73 Å². The Morgan fingerprint density at radius 3 is 2.73 bits per heavy atom. The number of hydrogen-bond acceptors (Lipinski definition) is 6. The molecule has 2 atom stereocenters. The monoisotopic (exact) mass is 541 g/mol. The van der Waals surface area contributed by atoms with Gasteiger partial charge in [-0.1, -0.05) is 56.0 Å². The van der Waals surface area contributed by atoms with E-state index in [0.717, 1.165) is 16.8 Å². The number of hydrogen-bond donors (Lipinski definition) is 2. The predicted octanol–water partition coefficient (Wildman–Crippen LogP) is 2.52. The number of nitrogens with zero attached hydrogens (tertiary/aromatic N) is 4. The zero-order valence-corrected chi connectivity index (χ0v) is 23.1. The lowest BCUT2D eigenvalue weighted by molar-refractivity contribution is -0.117. The molecule has 3 N–H and O–H groups in total. The number of pyridine rings is 1. The summed E-state index contributed by atoms with van der Waals surface area (Å²) >= 11 is 0. The molecule has 2 heterocycles. The van der Waals surface area contributed by atoms with Crippen LogP contribution in [0.15, 0.2) is 48.7 Å². The van der Waals surface area contributed by atoms with Crippen LogP contribution in [0.1, 0.15) is 53.1 Å². The van der Waals surface area contributed by atoms with Gasteiger partial charge in [-0.25, -0.2) is 9.67 Å². The first-order chi connectivity index (χ1) is 19.2. The minimum Gasteiger partial charge on any atom is -0.380 e. The zero-order valence-electron chi connectivity index (χ0n) is 23.1. The molecule has 1 aliphatic rings. The summed E-state index contributed by atoms with van der Waals surface area (Å²) in [6, 6.07) is 13.5. The Balaban J connectivity index is 0.00000216. The van der Waals surface area contributed by atoms with Gasteiger partial charge in [-0.2, -0.15) is 5.10 Å². The predicted molar refractivity (Wildman–Crippen MR) is 152 cm³/mol. The number of aromatic nitrogens is 3. The highest BCUT2D eigenvalue weighted by Gasteiger charge is 2.40. The van der Waals surface area contributed by atoms with Gasteiger partial charge in [0.1, 0.15) is 6.10 Å². The third-order valence-corrected chi connectivity index (χ3v) is 6.78. The van der Waals surface area contributed by atoms with E-state index < -0.39 is 12.0 Å². The van der Waals surface area contributed by atoms with Crippen LogP contribution in [-0.2, 0) is 29.0 Å². The van der Waals surface area contributed by atoms with E-state index in [4.69, 9.17) is 10.5 Å². The molecular formula is C31H35N5O4. The summed E-state index contributed by atoms with van der Waals surface area (Å²) < 4.78 is 8.01. The second-order valence-corrected chi connectivity index (χ2v) is 10.3. The van der Waals surface area contributed by atoms with Gasteiger partial charge in [-0.3, -0.25) is 9.59 Å². The van der Waals surface area contributed by atoms with Gasteiger partial charge < -0.3 is 20.5 Å². The lowest BCUT2D eigenvalue weighted by Gasteiger charge is -2.38. The number of rotatable bonds is 9. The number of primary amides is 1. The van der Waals surface area contributed by atoms with Crippen LogP contribution in [0, 0.1) is 30.1 Å². The van der Waals surface area contributed by atoms with E-state index in [-0.39, 0.29) is 17.2 Å². The van der Waals surface area contributed by atoms with Crippen molar-refractivity contribution in [1.29, 1.82) is 0 Å². The van der Waals surface area contributed by atoms with E-state index >= 15 is 0 Å². The quantitative estimate of drug-likeness (QED) is 0.317. The highest BCUT2D eigenvalue weighted by atomic mass is 16.5. The molecule has 2 aromatic heterocycles. The second kappa shape index (κ2) is 13.6. The Morgan fingerprint density at radius 2 is 2.05 bits per heavy atom. The average Bonchev–Trinajstić information content (AvgIpc) is 3.32. The van der Waals surface area contributed by atoms with Gasteiger partial charge in [0.15, 0.2) is 11.5 Å². The summed E-state index contributed by atoms with van der Waals surface area (Å²) in [7, 11) is 1.65. The Kier molecular flexibility index (Phi) is 10.2. The van der Waals surface area contributed by atoms with Crippen LogP contribution in [0.25, 0.3) is 5.82 Å². The van der Waals surface area contributed by atoms with Crippen molar-refractivity contribution in [3.05, 3.63) is 76.7 Å². The Morgan fingerprint density at radius 1 is 1.32 bits per heavy atom. The molecule has 0 unspecified atom stereocenters. The molecule has 1 aromatic carbocycles. The summed E-state index contributed by atoms with van der Waals surface area (Å²) in [6.45, 7) is 5.17. The van der Waals surface area contributed by atoms with E-state index in [0.29, 0.717) is 50.2 Å². The fourth-order valence-electron chi connectivity index (χ4n) is 4.56. The van der Waals surface area contributed by atoms with E-state index in [1.165, 1.54) is 4.90 Å². The highest BCUT2D eigenvalue weighted by Crippen LogP contribution is 2.39. The topological polar surface area (TPSA) is 124 Å². The van der Waals surface area contributed by atoms with E-state index in [1.807, 2.05) is 30.3 Å². The SMILES string of the molecule is C#C.CN(C=O)CC[C@@H](O)C#Cc1ccnc(-n2nc(C(N)=O)c3c2CC(C)(C)[C@@H](OCc2ccccc2)C3)c1. The lowest BCUT2D eigenvalue weighted by Crippen LogP contribution is -2.40. The number of amides is 2. The zero-order chi connectivity index (χ0) is 29.3. The largest absolute Gasteiger partial charge is 0.380 e. The molecule has 3 aromatic rings. The molecule has 0 aliphatic heterocycles. The average molecular weight is 542 g/mol. The van der Waals surface area contributed by atoms with E-state index in [1.54, 1.807) is 30.1 Å². The number of benzene rings is 1. The molecule has 208 valence electrons. The number of nitrogens with two attached hydrogens (primary N) is 1. The minimum absolute atomic E-state index is 0.129. The molecule has 4 rings (SSSR count). The first-order valence-corrected chi connectivity index (χ1v) is 12.9. The summed E-state index contributed by atoms with van der Waals surface area (Å²) in [5.74, 6) is 5.68. The van der Waals surface area contributed by atoms with Gasteiger partial charge in [-0.05, 0) is 29.5 Å². The summed E-state index contributed by atoms with van der Waals surface area (Å²) in [5, 5.41) is 14.7. The van der Waals surface area contributed by atoms with Crippen molar-refractivity contribution < 1.29 is 19.4 Å². The van der Waals surface area contributed by atoms with Gasteiger partial charge in [0.25, 0.3) is 5.91 Å². The molecule has 40 heavy (non-hydrogen) atoms. The summed E-state index contributed by atoms with van der Waals surface area (Å²) in [4.78, 5) is 29.0. The fourth-order valence-corrected chi connectivity index (χ4v) is 4.56. The molecule has 2 amide bonds. The van der Waals surface area contributed by atoms with Crippen LogP contribution in [0.3, 0.4) is 0 Å². The maximum Gasteiger partial charge on any atom is 0.269 e. The fraction of sp³-hybridized carbons (Fsp3) is 0.355. The van der Waals surface area contributed by atoms with Crippen molar-refractivity contribution in [2.24, 2.45) is 11.1 Å². The molecule has 0 saturated carbocycles. The number of aliphatic hydroxyl groups is 1. The Bertz CT molecular complexity index is 1400. The number of aliphatic hydroxyl groups excluding tert-OH is 1. The molecule has 1 aliphatic carbocycles. The number of carbonyl (C=O) groups excluding carboxylic acids is 2. The number of terminal acetylenes is 1. The van der Waals surface area contributed by atoms with Crippen molar-refractivity contribution >= 4 is 12.3 Å². The molecule has 0 radical (unpaired) electrons. The molecule has 0 saturated heterocycles. The first-order valence-electron chi connectivity index (χ1n) is 12.9. The van der Waals surface area contributed by atoms with Crippen molar-refractivity contribution in [2.75, 3.05) is 13.6 Å². The molecule has 0 fully saturated rings.